The third-order valence-corrected chi connectivity index (χ3v) is 6.79. The van der Waals surface area contributed by atoms with Crippen molar-refractivity contribution in [3.63, 3.8) is 0 Å². The Morgan fingerprint density at radius 1 is 1.14 bits per heavy atom. The van der Waals surface area contributed by atoms with Crippen LogP contribution in [0.1, 0.15) is 22.8 Å². The van der Waals surface area contributed by atoms with E-state index in [0.717, 1.165) is 0 Å². The van der Waals surface area contributed by atoms with Crippen LogP contribution in [0, 0.1) is 0 Å². The highest BCUT2D eigenvalue weighted by Crippen LogP contribution is 2.26. The zero-order valence-corrected chi connectivity index (χ0v) is 21.0. The molecule has 0 aliphatic carbocycles. The number of benzene rings is 2. The van der Waals surface area contributed by atoms with Crippen molar-refractivity contribution in [2.75, 3.05) is 23.6 Å². The van der Waals surface area contributed by atoms with Gasteiger partial charge in [-0.25, -0.2) is 9.59 Å². The van der Waals surface area contributed by atoms with Gasteiger partial charge in [-0.05, 0) is 36.8 Å². The first kappa shape index (κ1) is 26.7. The second kappa shape index (κ2) is 12.1. The molecule has 2 atom stereocenters. The molecule has 12 heteroatoms. The number of aliphatic carboxylic acids is 1. The predicted molar refractivity (Wildman–Crippen MR) is 134 cm³/mol. The zero-order valence-electron chi connectivity index (χ0n) is 18.6. The smallest absolute Gasteiger partial charge is 0.411 e. The molecule has 3 amide bonds. The number of hydrogen-bond donors (Lipinski definition) is 3. The van der Waals surface area contributed by atoms with Gasteiger partial charge in [0.1, 0.15) is 12.1 Å². The van der Waals surface area contributed by atoms with E-state index in [1.165, 1.54) is 16.7 Å². The van der Waals surface area contributed by atoms with Gasteiger partial charge in [0.2, 0.25) is 5.91 Å². The van der Waals surface area contributed by atoms with Crippen LogP contribution >= 0.6 is 35.0 Å². The molecule has 0 radical (unpaired) electrons. The fourth-order valence-corrected chi connectivity index (χ4v) is 5.09. The summed E-state index contributed by atoms with van der Waals surface area (Å²) >= 11 is 13.5. The summed E-state index contributed by atoms with van der Waals surface area (Å²) in [6.07, 6.45) is -0.606. The number of nitrogens with zero attached hydrogens (tertiary/aromatic N) is 1. The van der Waals surface area contributed by atoms with Crippen LogP contribution < -0.4 is 10.6 Å². The maximum Gasteiger partial charge on any atom is 0.411 e. The van der Waals surface area contributed by atoms with Gasteiger partial charge in [0, 0.05) is 17.9 Å². The second-order valence-electron chi connectivity index (χ2n) is 7.54. The highest BCUT2D eigenvalue weighted by Gasteiger charge is 2.37. The molecule has 186 valence electrons. The van der Waals surface area contributed by atoms with E-state index in [1.54, 1.807) is 49.4 Å². The van der Waals surface area contributed by atoms with Gasteiger partial charge in [-0.3, -0.25) is 14.5 Å². The summed E-state index contributed by atoms with van der Waals surface area (Å²) in [5.41, 5.74) is 1.23. The summed E-state index contributed by atoms with van der Waals surface area (Å²) in [5.74, 6) is -1.61. The molecule has 35 heavy (non-hydrogen) atoms. The van der Waals surface area contributed by atoms with Crippen LogP contribution in [0.5, 0.6) is 0 Å². The van der Waals surface area contributed by atoms with Crippen molar-refractivity contribution in [1.29, 1.82) is 0 Å². The number of nitrogens with one attached hydrogen (secondary N) is 2. The first-order chi connectivity index (χ1) is 16.7. The van der Waals surface area contributed by atoms with Crippen molar-refractivity contribution in [1.82, 2.24) is 10.2 Å². The molecule has 9 nitrogen and oxygen atoms in total. The maximum atomic E-state index is 12.7. The molecular formula is C23H23Cl2N3O6S. The van der Waals surface area contributed by atoms with E-state index in [0.29, 0.717) is 22.9 Å². The average Bonchev–Trinajstić information content (AvgIpc) is 3.30. The molecule has 3 rings (SSSR count). The van der Waals surface area contributed by atoms with E-state index in [1.807, 2.05) is 0 Å². The summed E-state index contributed by atoms with van der Waals surface area (Å²) < 4.78 is 4.97. The summed E-state index contributed by atoms with van der Waals surface area (Å²) in [7, 11) is 0. The first-order valence-electron chi connectivity index (χ1n) is 10.6. The molecule has 2 aromatic rings. The first-order valence-corrected chi connectivity index (χ1v) is 12.5. The van der Waals surface area contributed by atoms with Crippen LogP contribution in [-0.2, 0) is 20.7 Å². The predicted octanol–water partition coefficient (Wildman–Crippen LogP) is 3.89. The highest BCUT2D eigenvalue weighted by atomic mass is 35.5. The van der Waals surface area contributed by atoms with Gasteiger partial charge in [-0.2, -0.15) is 0 Å². The normalized spacial score (nSPS) is 15.9. The number of ether oxygens (including phenoxy) is 1. The van der Waals surface area contributed by atoms with Crippen molar-refractivity contribution in [3.8, 4) is 0 Å². The molecule has 0 saturated carbocycles. The minimum atomic E-state index is -1.21. The number of rotatable bonds is 8. The average molecular weight is 540 g/mol. The van der Waals surface area contributed by atoms with E-state index in [4.69, 9.17) is 27.9 Å². The van der Waals surface area contributed by atoms with Crippen molar-refractivity contribution < 1.29 is 29.0 Å². The number of halogens is 2. The van der Waals surface area contributed by atoms with Gasteiger partial charge in [-0.15, -0.1) is 11.8 Å². The number of anilines is 1. The van der Waals surface area contributed by atoms with Crippen LogP contribution in [0.15, 0.2) is 42.5 Å². The SMILES string of the molecule is CCOC(=O)N1CSCC1C(=O)N[C@@H](Cc1ccc(NC(=O)c2c(Cl)cccc2Cl)cc1)C(=O)O. The molecule has 1 unspecified atom stereocenters. The fraction of sp³-hybridized carbons (Fsp3) is 0.304. The summed E-state index contributed by atoms with van der Waals surface area (Å²) in [4.78, 5) is 50.4. The van der Waals surface area contributed by atoms with E-state index < -0.39 is 36.0 Å². The van der Waals surface area contributed by atoms with E-state index in [9.17, 15) is 24.3 Å². The number of thioether (sulfide) groups is 1. The number of carboxylic acid groups (broad SMARTS) is 1. The molecular weight excluding hydrogens is 517 g/mol. The fourth-order valence-electron chi connectivity index (χ4n) is 3.38. The topological polar surface area (TPSA) is 125 Å². The van der Waals surface area contributed by atoms with Crippen LogP contribution in [0.2, 0.25) is 10.0 Å². The van der Waals surface area contributed by atoms with Gasteiger partial charge in [0.15, 0.2) is 0 Å². The number of carboxylic acids is 1. The maximum absolute atomic E-state index is 12.7. The summed E-state index contributed by atoms with van der Waals surface area (Å²) in [5, 5.41) is 15.3. The van der Waals surface area contributed by atoms with Crippen molar-refractivity contribution >= 4 is 64.5 Å². The van der Waals surface area contributed by atoms with Gasteiger partial charge in [-0.1, -0.05) is 41.4 Å². The third kappa shape index (κ3) is 6.81. The Hall–Kier alpha value is -2.95. The van der Waals surface area contributed by atoms with E-state index >= 15 is 0 Å². The number of amides is 3. The molecule has 1 aliphatic heterocycles. The molecule has 1 heterocycles. The van der Waals surface area contributed by atoms with Crippen LogP contribution in [0.4, 0.5) is 10.5 Å². The lowest BCUT2D eigenvalue weighted by atomic mass is 10.0. The van der Waals surface area contributed by atoms with E-state index in [2.05, 4.69) is 10.6 Å². The zero-order chi connectivity index (χ0) is 25.5. The largest absolute Gasteiger partial charge is 0.480 e. The monoisotopic (exact) mass is 539 g/mol. The van der Waals surface area contributed by atoms with Gasteiger partial charge >= 0.3 is 12.1 Å². The Morgan fingerprint density at radius 2 is 1.80 bits per heavy atom. The summed E-state index contributed by atoms with van der Waals surface area (Å²) in [6.45, 7) is 1.84. The minimum absolute atomic E-state index is 0.00487. The Morgan fingerprint density at radius 3 is 2.40 bits per heavy atom. The lowest BCUT2D eigenvalue weighted by Gasteiger charge is -2.24. The molecule has 1 aliphatic rings. The highest BCUT2D eigenvalue weighted by molar-refractivity contribution is 7.99. The van der Waals surface area contributed by atoms with Crippen LogP contribution in [0.3, 0.4) is 0 Å². The number of carbonyl (C=O) groups is 4. The Balaban J connectivity index is 1.63. The lowest BCUT2D eigenvalue weighted by molar-refractivity contribution is -0.142. The molecule has 1 saturated heterocycles. The van der Waals surface area contributed by atoms with Crippen molar-refractivity contribution in [2.45, 2.75) is 25.4 Å². The lowest BCUT2D eigenvalue weighted by Crippen LogP contribution is -2.52. The van der Waals surface area contributed by atoms with Crippen LogP contribution in [-0.4, -0.2) is 64.2 Å². The second-order valence-corrected chi connectivity index (χ2v) is 9.35. The van der Waals surface area contributed by atoms with Gasteiger partial charge in [0.25, 0.3) is 5.91 Å². The van der Waals surface area contributed by atoms with Crippen molar-refractivity contribution in [2.24, 2.45) is 0 Å². The van der Waals surface area contributed by atoms with Crippen molar-refractivity contribution in [3.05, 3.63) is 63.6 Å². The summed E-state index contributed by atoms with van der Waals surface area (Å²) in [6, 6.07) is 9.22. The molecule has 2 aromatic carbocycles. The standard InChI is InChI=1S/C23H23Cl2N3O6S/c1-2-34-23(33)28-12-35-11-18(28)20(29)27-17(22(31)32)10-13-6-8-14(9-7-13)26-21(30)19-15(24)4-3-5-16(19)25/h3-9,17-18H,2,10-12H2,1H3,(H,26,30)(H,27,29)(H,31,32)/t17-,18?/m0/s1. The third-order valence-electron chi connectivity index (χ3n) is 5.14. The number of carbonyl (C=O) groups excluding carboxylic acids is 3. The molecule has 3 N–H and O–H groups in total. The molecule has 1 fully saturated rings. The minimum Gasteiger partial charge on any atom is -0.480 e. The molecule has 0 bridgehead atoms. The Kier molecular flexibility index (Phi) is 9.25. The molecule has 0 spiro atoms. The van der Waals surface area contributed by atoms with Crippen LogP contribution in [0.25, 0.3) is 0 Å². The van der Waals surface area contributed by atoms with E-state index in [-0.39, 0.29) is 28.6 Å². The Bertz CT molecular complexity index is 1090. The van der Waals surface area contributed by atoms with Gasteiger partial charge in [0.05, 0.1) is 28.1 Å². The van der Waals surface area contributed by atoms with Gasteiger partial charge < -0.3 is 20.5 Å². The Labute approximate surface area is 216 Å². The number of hydrogen-bond acceptors (Lipinski definition) is 6. The quantitative estimate of drug-likeness (QED) is 0.464. The molecule has 0 aromatic heterocycles.